The van der Waals surface area contributed by atoms with Crippen molar-refractivity contribution in [1.29, 1.82) is 0 Å². The minimum absolute atomic E-state index is 0.709. The molecule has 0 bridgehead atoms. The summed E-state index contributed by atoms with van der Waals surface area (Å²) in [6.45, 7) is 2.00. The Labute approximate surface area is 105 Å². The Balaban J connectivity index is 2.22. The number of aromatic nitrogens is 3. The SMILES string of the molecule is Cc1c(N)cncc1-c1ccc2nnccc2c1. The monoisotopic (exact) mass is 236 g/mol. The van der Waals surface area contributed by atoms with E-state index in [9.17, 15) is 0 Å². The lowest BCUT2D eigenvalue weighted by molar-refractivity contribution is 1.08. The summed E-state index contributed by atoms with van der Waals surface area (Å²) in [5.74, 6) is 0. The van der Waals surface area contributed by atoms with E-state index in [0.29, 0.717) is 5.69 Å². The van der Waals surface area contributed by atoms with Gasteiger partial charge in [-0.25, -0.2) is 0 Å². The van der Waals surface area contributed by atoms with E-state index in [2.05, 4.69) is 21.2 Å². The molecule has 2 heterocycles. The van der Waals surface area contributed by atoms with Crippen molar-refractivity contribution in [3.63, 3.8) is 0 Å². The van der Waals surface area contributed by atoms with E-state index in [4.69, 9.17) is 5.73 Å². The van der Waals surface area contributed by atoms with E-state index >= 15 is 0 Å². The van der Waals surface area contributed by atoms with Gasteiger partial charge in [0.05, 0.1) is 23.6 Å². The molecule has 0 atom stereocenters. The lowest BCUT2D eigenvalue weighted by Gasteiger charge is -2.08. The number of benzene rings is 1. The number of nitrogen functional groups attached to an aromatic ring is 1. The summed E-state index contributed by atoms with van der Waals surface area (Å²) >= 11 is 0. The second-order valence-corrected chi connectivity index (χ2v) is 4.21. The predicted octanol–water partition coefficient (Wildman–Crippen LogP) is 2.58. The van der Waals surface area contributed by atoms with E-state index in [1.807, 2.05) is 31.3 Å². The van der Waals surface area contributed by atoms with E-state index in [1.54, 1.807) is 12.4 Å². The lowest BCUT2D eigenvalue weighted by Crippen LogP contribution is -1.94. The molecule has 0 fully saturated rings. The Bertz CT molecular complexity index is 722. The molecule has 2 aromatic heterocycles. The van der Waals surface area contributed by atoms with Gasteiger partial charge in [0.1, 0.15) is 0 Å². The van der Waals surface area contributed by atoms with Crippen LogP contribution in [-0.2, 0) is 0 Å². The fourth-order valence-electron chi connectivity index (χ4n) is 1.99. The molecule has 0 saturated carbocycles. The van der Waals surface area contributed by atoms with Gasteiger partial charge in [-0.3, -0.25) is 4.98 Å². The van der Waals surface area contributed by atoms with E-state index in [1.165, 1.54) is 0 Å². The number of fused-ring (bicyclic) bond motifs is 1. The Morgan fingerprint density at radius 3 is 2.89 bits per heavy atom. The molecule has 0 radical (unpaired) electrons. The Kier molecular flexibility index (Phi) is 2.41. The van der Waals surface area contributed by atoms with Gasteiger partial charge in [0.25, 0.3) is 0 Å². The molecule has 0 aliphatic carbocycles. The van der Waals surface area contributed by atoms with Gasteiger partial charge in [-0.05, 0) is 36.2 Å². The Morgan fingerprint density at radius 2 is 2.00 bits per heavy atom. The lowest BCUT2D eigenvalue weighted by atomic mass is 10.0. The van der Waals surface area contributed by atoms with Crippen molar-refractivity contribution in [3.8, 4) is 11.1 Å². The zero-order valence-electron chi connectivity index (χ0n) is 9.96. The molecular formula is C14H12N4. The third-order valence-electron chi connectivity index (χ3n) is 3.08. The molecule has 3 rings (SSSR count). The van der Waals surface area contributed by atoms with Crippen LogP contribution in [0.25, 0.3) is 22.0 Å². The summed E-state index contributed by atoms with van der Waals surface area (Å²) in [5.41, 5.74) is 10.7. The van der Waals surface area contributed by atoms with Gasteiger partial charge in [0.2, 0.25) is 0 Å². The first-order chi connectivity index (χ1) is 8.75. The number of hydrogen-bond acceptors (Lipinski definition) is 4. The van der Waals surface area contributed by atoms with Gasteiger partial charge in [-0.2, -0.15) is 10.2 Å². The minimum Gasteiger partial charge on any atom is -0.397 e. The van der Waals surface area contributed by atoms with Gasteiger partial charge in [0.15, 0.2) is 0 Å². The quantitative estimate of drug-likeness (QED) is 0.705. The highest BCUT2D eigenvalue weighted by Gasteiger charge is 2.06. The van der Waals surface area contributed by atoms with Gasteiger partial charge < -0.3 is 5.73 Å². The molecular weight excluding hydrogens is 224 g/mol. The first-order valence-electron chi connectivity index (χ1n) is 5.67. The molecule has 0 spiro atoms. The first kappa shape index (κ1) is 10.7. The molecule has 0 aliphatic rings. The van der Waals surface area contributed by atoms with Gasteiger partial charge in [-0.1, -0.05) is 6.07 Å². The summed E-state index contributed by atoms with van der Waals surface area (Å²) in [4.78, 5) is 4.15. The maximum absolute atomic E-state index is 5.89. The molecule has 0 saturated heterocycles. The average Bonchev–Trinajstić information content (AvgIpc) is 2.41. The average molecular weight is 236 g/mol. The summed E-state index contributed by atoms with van der Waals surface area (Å²) in [6.07, 6.45) is 5.20. The van der Waals surface area contributed by atoms with E-state index in [-0.39, 0.29) is 0 Å². The molecule has 1 aromatic carbocycles. The third-order valence-corrected chi connectivity index (χ3v) is 3.08. The highest BCUT2D eigenvalue weighted by molar-refractivity contribution is 5.85. The van der Waals surface area contributed by atoms with Gasteiger partial charge in [0, 0.05) is 17.1 Å². The smallest absolute Gasteiger partial charge is 0.0930 e. The molecule has 0 unspecified atom stereocenters. The van der Waals surface area contributed by atoms with Crippen molar-refractivity contribution in [3.05, 3.63) is 48.4 Å². The van der Waals surface area contributed by atoms with E-state index in [0.717, 1.165) is 27.6 Å². The van der Waals surface area contributed by atoms with Crippen LogP contribution < -0.4 is 5.73 Å². The fraction of sp³-hybridized carbons (Fsp3) is 0.0714. The van der Waals surface area contributed by atoms with Crippen LogP contribution in [0.3, 0.4) is 0 Å². The van der Waals surface area contributed by atoms with Crippen molar-refractivity contribution in [2.75, 3.05) is 5.73 Å². The molecule has 0 aliphatic heterocycles. The first-order valence-corrected chi connectivity index (χ1v) is 5.67. The van der Waals surface area contributed by atoms with Crippen LogP contribution in [0.15, 0.2) is 42.9 Å². The predicted molar refractivity (Wildman–Crippen MR) is 71.9 cm³/mol. The highest BCUT2D eigenvalue weighted by atomic mass is 15.1. The van der Waals surface area contributed by atoms with Crippen LogP contribution in [0.4, 0.5) is 5.69 Å². The zero-order chi connectivity index (χ0) is 12.5. The molecule has 4 nitrogen and oxygen atoms in total. The van der Waals surface area contributed by atoms with E-state index < -0.39 is 0 Å². The molecule has 0 amide bonds. The van der Waals surface area contributed by atoms with Crippen molar-refractivity contribution in [2.45, 2.75) is 6.92 Å². The summed E-state index contributed by atoms with van der Waals surface area (Å²) < 4.78 is 0. The van der Waals surface area contributed by atoms with Gasteiger partial charge in [-0.15, -0.1) is 0 Å². The fourth-order valence-corrected chi connectivity index (χ4v) is 1.99. The largest absolute Gasteiger partial charge is 0.397 e. The van der Waals surface area contributed by atoms with Crippen LogP contribution >= 0.6 is 0 Å². The second-order valence-electron chi connectivity index (χ2n) is 4.21. The number of pyridine rings is 1. The summed E-state index contributed by atoms with van der Waals surface area (Å²) in [7, 11) is 0. The highest BCUT2D eigenvalue weighted by Crippen LogP contribution is 2.27. The maximum Gasteiger partial charge on any atom is 0.0930 e. The third kappa shape index (κ3) is 1.68. The number of nitrogens with zero attached hydrogens (tertiary/aromatic N) is 3. The summed E-state index contributed by atoms with van der Waals surface area (Å²) in [6, 6.07) is 8.00. The van der Waals surface area contributed by atoms with Crippen molar-refractivity contribution in [2.24, 2.45) is 0 Å². The van der Waals surface area contributed by atoms with Crippen LogP contribution in [0.5, 0.6) is 0 Å². The van der Waals surface area contributed by atoms with Crippen LogP contribution in [-0.4, -0.2) is 15.2 Å². The topological polar surface area (TPSA) is 64.7 Å². The molecule has 4 heteroatoms. The van der Waals surface area contributed by atoms with Crippen molar-refractivity contribution >= 4 is 16.6 Å². The Morgan fingerprint density at radius 1 is 1.11 bits per heavy atom. The van der Waals surface area contributed by atoms with Crippen LogP contribution in [0, 0.1) is 6.92 Å². The Hall–Kier alpha value is -2.49. The minimum atomic E-state index is 0.709. The standard InChI is InChI=1S/C14H12N4/c1-9-12(7-16-8-13(9)15)10-2-3-14-11(6-10)4-5-17-18-14/h2-8H,15H2,1H3. The second kappa shape index (κ2) is 4.07. The number of rotatable bonds is 1. The number of nitrogens with two attached hydrogens (primary N) is 1. The molecule has 88 valence electrons. The summed E-state index contributed by atoms with van der Waals surface area (Å²) in [5, 5.41) is 8.99. The molecule has 3 aromatic rings. The normalized spacial score (nSPS) is 10.7. The van der Waals surface area contributed by atoms with Crippen molar-refractivity contribution < 1.29 is 0 Å². The molecule has 18 heavy (non-hydrogen) atoms. The van der Waals surface area contributed by atoms with Gasteiger partial charge >= 0.3 is 0 Å². The number of anilines is 1. The van der Waals surface area contributed by atoms with Crippen LogP contribution in [0.2, 0.25) is 0 Å². The van der Waals surface area contributed by atoms with Crippen molar-refractivity contribution in [1.82, 2.24) is 15.2 Å². The molecule has 2 N–H and O–H groups in total. The maximum atomic E-state index is 5.89. The number of hydrogen-bond donors (Lipinski definition) is 1. The zero-order valence-corrected chi connectivity index (χ0v) is 9.96. The van der Waals surface area contributed by atoms with Crippen LogP contribution in [0.1, 0.15) is 5.56 Å².